The fraction of sp³-hybridized carbons (Fsp3) is 0.350. The summed E-state index contributed by atoms with van der Waals surface area (Å²) in [6.07, 6.45) is 1.47. The van der Waals surface area contributed by atoms with Gasteiger partial charge in [0.1, 0.15) is 23.2 Å². The number of carboxylic acid groups (broad SMARTS) is 1. The van der Waals surface area contributed by atoms with Crippen molar-refractivity contribution >= 4 is 18.0 Å². The van der Waals surface area contributed by atoms with Gasteiger partial charge in [-0.25, -0.2) is 14.2 Å². The molecule has 1 aromatic heterocycles. The molecule has 0 radical (unpaired) electrons. The van der Waals surface area contributed by atoms with Crippen LogP contribution < -0.4 is 10.1 Å². The molecular weight excluding hydrogens is 669 g/mol. The topological polar surface area (TPSA) is 148 Å². The lowest BCUT2D eigenvalue weighted by Gasteiger charge is -2.27. The van der Waals surface area contributed by atoms with Crippen molar-refractivity contribution in [3.63, 3.8) is 0 Å². The average Bonchev–Trinajstić information content (AvgIpc) is 3.10. The fourth-order valence-corrected chi connectivity index (χ4v) is 5.22. The van der Waals surface area contributed by atoms with E-state index in [4.69, 9.17) is 14.3 Å². The van der Waals surface area contributed by atoms with E-state index < -0.39 is 29.7 Å². The number of aliphatic carboxylic acids is 1. The molecule has 1 atom stereocenters. The Labute approximate surface area is 303 Å². The number of hydroxylamine groups is 2. The number of phenols is 1. The molecule has 0 saturated heterocycles. The van der Waals surface area contributed by atoms with Crippen LogP contribution in [-0.4, -0.2) is 69.6 Å². The zero-order valence-electron chi connectivity index (χ0n) is 29.7. The lowest BCUT2D eigenvalue weighted by Crippen LogP contribution is -2.45. The predicted octanol–water partition coefficient (Wildman–Crippen LogP) is 7.57. The number of carboxylic acids is 1. The van der Waals surface area contributed by atoms with Crippen molar-refractivity contribution in [3.8, 4) is 34.0 Å². The summed E-state index contributed by atoms with van der Waals surface area (Å²) < 4.78 is 24.8. The molecule has 0 aliphatic rings. The lowest BCUT2D eigenvalue weighted by atomic mass is 10.0. The van der Waals surface area contributed by atoms with Gasteiger partial charge in [0.15, 0.2) is 0 Å². The molecular formula is C40H46FN3O8. The zero-order valence-corrected chi connectivity index (χ0v) is 29.7. The summed E-state index contributed by atoms with van der Waals surface area (Å²) >= 11 is 0. The Bertz CT molecular complexity index is 1750. The molecule has 11 nitrogen and oxygen atoms in total. The minimum absolute atomic E-state index is 0.0160. The van der Waals surface area contributed by atoms with Crippen molar-refractivity contribution in [2.75, 3.05) is 19.7 Å². The number of hydrogen-bond donors (Lipinski definition) is 3. The molecule has 0 aliphatic heterocycles. The molecule has 0 spiro atoms. The van der Waals surface area contributed by atoms with Crippen LogP contribution in [0.4, 0.5) is 9.18 Å². The Morgan fingerprint density at radius 1 is 0.865 bits per heavy atom. The maximum absolute atomic E-state index is 13.6. The molecule has 0 saturated carbocycles. The Balaban J connectivity index is 1.31. The van der Waals surface area contributed by atoms with Gasteiger partial charge in [-0.1, -0.05) is 42.5 Å². The summed E-state index contributed by atoms with van der Waals surface area (Å²) in [6, 6.07) is 24.6. The first-order valence-electron chi connectivity index (χ1n) is 17.3. The van der Waals surface area contributed by atoms with Crippen LogP contribution in [0.2, 0.25) is 0 Å². The lowest BCUT2D eigenvalue weighted by molar-refractivity contribution is -0.207. The van der Waals surface area contributed by atoms with Crippen LogP contribution in [0.1, 0.15) is 58.4 Å². The number of amides is 1. The number of nitrogens with one attached hydrogen (secondary N) is 1. The second kappa shape index (κ2) is 19.2. The van der Waals surface area contributed by atoms with Gasteiger partial charge in [-0.05, 0) is 106 Å². The quantitative estimate of drug-likeness (QED) is 0.0696. The maximum atomic E-state index is 13.6. The van der Waals surface area contributed by atoms with Crippen LogP contribution in [0.15, 0.2) is 91.0 Å². The van der Waals surface area contributed by atoms with Crippen molar-refractivity contribution in [1.29, 1.82) is 0 Å². The first-order valence-corrected chi connectivity index (χ1v) is 17.3. The number of benzene rings is 3. The highest BCUT2D eigenvalue weighted by Crippen LogP contribution is 2.29. The van der Waals surface area contributed by atoms with Gasteiger partial charge in [-0.3, -0.25) is 9.59 Å². The number of unbranched alkanes of at least 4 members (excludes halogenated alkanes) is 2. The first-order chi connectivity index (χ1) is 24.9. The van der Waals surface area contributed by atoms with E-state index in [2.05, 4.69) is 10.3 Å². The van der Waals surface area contributed by atoms with E-state index in [1.807, 2.05) is 42.5 Å². The highest BCUT2D eigenvalue weighted by Gasteiger charge is 2.29. The van der Waals surface area contributed by atoms with Gasteiger partial charge in [0.05, 0.1) is 12.3 Å². The van der Waals surface area contributed by atoms with Gasteiger partial charge in [-0.15, -0.1) is 5.06 Å². The third-order valence-corrected chi connectivity index (χ3v) is 7.76. The molecule has 4 rings (SSSR count). The van der Waals surface area contributed by atoms with Crippen molar-refractivity contribution < 1.29 is 43.3 Å². The summed E-state index contributed by atoms with van der Waals surface area (Å²) in [7, 11) is 0. The molecule has 0 unspecified atom stereocenters. The fourth-order valence-electron chi connectivity index (χ4n) is 5.22. The Morgan fingerprint density at radius 3 is 2.25 bits per heavy atom. The molecule has 1 heterocycles. The van der Waals surface area contributed by atoms with Crippen LogP contribution in [0.5, 0.6) is 11.6 Å². The molecule has 3 N–H and O–H groups in total. The molecule has 4 aromatic rings. The van der Waals surface area contributed by atoms with Gasteiger partial charge >= 0.3 is 18.0 Å². The molecule has 1 amide bonds. The minimum Gasteiger partial charge on any atom is -0.508 e. The largest absolute Gasteiger partial charge is 0.508 e. The molecule has 276 valence electrons. The number of carbonyl (C=O) groups is 3. The Kier molecular flexibility index (Phi) is 14.5. The number of rotatable bonds is 18. The van der Waals surface area contributed by atoms with Crippen LogP contribution in [0, 0.1) is 5.82 Å². The van der Waals surface area contributed by atoms with E-state index in [9.17, 15) is 29.0 Å². The van der Waals surface area contributed by atoms with Gasteiger partial charge in [0, 0.05) is 37.6 Å². The number of hydrogen-bond acceptors (Lipinski definition) is 9. The Hall–Kier alpha value is -5.49. The first kappa shape index (κ1) is 39.3. The summed E-state index contributed by atoms with van der Waals surface area (Å²) in [4.78, 5) is 47.6. The summed E-state index contributed by atoms with van der Waals surface area (Å²) in [5.41, 5.74) is 3.25. The number of nitrogens with zero attached hydrogens (tertiary/aromatic N) is 2. The number of pyridine rings is 1. The van der Waals surface area contributed by atoms with Crippen molar-refractivity contribution in [3.05, 3.63) is 102 Å². The number of halogens is 1. The van der Waals surface area contributed by atoms with E-state index in [1.54, 1.807) is 45.0 Å². The van der Waals surface area contributed by atoms with Crippen LogP contribution in [-0.2, 0) is 25.6 Å². The van der Waals surface area contributed by atoms with Crippen LogP contribution >= 0.6 is 0 Å². The van der Waals surface area contributed by atoms with Gasteiger partial charge in [0.2, 0.25) is 5.88 Å². The highest BCUT2D eigenvalue weighted by molar-refractivity contribution is 5.75. The number of carbonyl (C=O) groups excluding carboxylic acids is 2. The van der Waals surface area contributed by atoms with Crippen LogP contribution in [0.3, 0.4) is 0 Å². The van der Waals surface area contributed by atoms with E-state index in [1.165, 1.54) is 24.3 Å². The SMILES string of the molecule is CC(C)(C)OC(=O)NCCCN(OC(=O)CCCCCOc1cc(-c2ccccc2)cc(-c2ccc(F)cc2)n1)[C@@H](Cc1ccc(O)cc1)C(=O)O. The van der Waals surface area contributed by atoms with E-state index in [0.29, 0.717) is 43.0 Å². The van der Waals surface area contributed by atoms with Gasteiger partial charge in [0.25, 0.3) is 0 Å². The second-order valence-corrected chi connectivity index (χ2v) is 13.2. The molecule has 3 aromatic carbocycles. The van der Waals surface area contributed by atoms with Gasteiger partial charge < -0.3 is 29.8 Å². The van der Waals surface area contributed by atoms with Crippen molar-refractivity contribution in [2.24, 2.45) is 0 Å². The number of alkyl carbamates (subject to hydrolysis) is 1. The van der Waals surface area contributed by atoms with Crippen molar-refractivity contribution in [2.45, 2.75) is 70.9 Å². The molecule has 0 aliphatic carbocycles. The monoisotopic (exact) mass is 715 g/mol. The predicted molar refractivity (Wildman–Crippen MR) is 194 cm³/mol. The smallest absolute Gasteiger partial charge is 0.407 e. The number of phenolic OH excluding ortho intramolecular Hbond substituents is 1. The summed E-state index contributed by atoms with van der Waals surface area (Å²) in [6.45, 7) is 5.79. The number of aromatic hydroxyl groups is 1. The van der Waals surface area contributed by atoms with E-state index in [-0.39, 0.29) is 43.9 Å². The Morgan fingerprint density at radius 2 is 1.58 bits per heavy atom. The molecule has 0 bridgehead atoms. The highest BCUT2D eigenvalue weighted by atomic mass is 19.1. The van der Waals surface area contributed by atoms with Gasteiger partial charge in [-0.2, -0.15) is 0 Å². The molecule has 12 heteroatoms. The second-order valence-electron chi connectivity index (χ2n) is 13.2. The number of ether oxygens (including phenoxy) is 2. The molecule has 0 fully saturated rings. The van der Waals surface area contributed by atoms with E-state index >= 15 is 0 Å². The third-order valence-electron chi connectivity index (χ3n) is 7.76. The average molecular weight is 716 g/mol. The van der Waals surface area contributed by atoms with Crippen molar-refractivity contribution in [1.82, 2.24) is 15.4 Å². The molecule has 52 heavy (non-hydrogen) atoms. The maximum Gasteiger partial charge on any atom is 0.407 e. The normalized spacial score (nSPS) is 11.9. The zero-order chi connectivity index (χ0) is 37.5. The standard InChI is InChI=1S/C40H46FN3O8/c1-40(2,3)51-39(49)42-22-10-23-44(35(38(47)48)25-28-14-20-33(45)21-15-28)52-37(46)13-8-5-9-24-50-36-27-31(29-11-6-4-7-12-29)26-34(43-36)30-16-18-32(41)19-17-30/h4,6-7,11-12,14-21,26-27,35,45H,5,8-10,13,22-25H2,1-3H3,(H,42,49)(H,47,48)/t35-/m0/s1. The van der Waals surface area contributed by atoms with E-state index in [0.717, 1.165) is 21.8 Å². The van der Waals surface area contributed by atoms with Crippen LogP contribution in [0.25, 0.3) is 22.4 Å². The summed E-state index contributed by atoms with van der Waals surface area (Å²) in [5, 5.41) is 23.5. The number of aromatic nitrogens is 1. The minimum atomic E-state index is -1.21. The third kappa shape index (κ3) is 13.3. The summed E-state index contributed by atoms with van der Waals surface area (Å²) in [5.74, 6) is -1.64.